The average molecular weight is 137 g/mol. The number of hydrogen-bond donors (Lipinski definition) is 1. The van der Waals surface area contributed by atoms with Gasteiger partial charge in [0.15, 0.2) is 5.75 Å². The molecule has 4 heteroatoms. The molecule has 10 heavy (non-hydrogen) atoms. The number of nitrogens with zero attached hydrogens (tertiary/aromatic N) is 1. The monoisotopic (exact) mass is 137 g/mol. The van der Waals surface area contributed by atoms with Crippen LogP contribution in [0.3, 0.4) is 0 Å². The number of nitrogens with two attached hydrogens (primary N) is 1. The van der Waals surface area contributed by atoms with E-state index in [4.69, 9.17) is 5.73 Å². The topological polar surface area (TPSA) is 75.9 Å². The number of primary amides is 1. The number of amides is 1. The molecule has 51 valence electrons. The molecular formula is C6H5N2O2. The van der Waals surface area contributed by atoms with Gasteiger partial charge in [-0.3, -0.25) is 14.9 Å². The smallest absolute Gasteiger partial charge is 0.267 e. The Hall–Kier alpha value is -1.58. The van der Waals surface area contributed by atoms with Crippen molar-refractivity contribution in [1.82, 2.24) is 4.98 Å². The molecule has 0 aliphatic heterocycles. The first-order chi connectivity index (χ1) is 4.70. The average Bonchev–Trinajstić information content (AvgIpc) is 1.88. The summed E-state index contributed by atoms with van der Waals surface area (Å²) in [5.74, 6) is -0.943. The lowest BCUT2D eigenvalue weighted by Crippen LogP contribution is -2.12. The third kappa shape index (κ3) is 1.22. The normalized spacial score (nSPS) is 9.20. The van der Waals surface area contributed by atoms with Crippen molar-refractivity contribution in [2.45, 2.75) is 0 Å². The first kappa shape index (κ1) is 6.54. The maximum Gasteiger partial charge on any atom is 0.267 e. The first-order valence-electron chi connectivity index (χ1n) is 2.63. The highest BCUT2D eigenvalue weighted by atomic mass is 16.3. The van der Waals surface area contributed by atoms with Crippen LogP contribution in [0.4, 0.5) is 0 Å². The largest absolute Gasteiger partial charge is 0.364 e. The van der Waals surface area contributed by atoms with Crippen LogP contribution < -0.4 is 5.73 Å². The SMILES string of the molecule is NC(=O)c1cc([O])ccn1. The Bertz CT molecular complexity index is 260. The van der Waals surface area contributed by atoms with Crippen molar-refractivity contribution < 1.29 is 9.90 Å². The van der Waals surface area contributed by atoms with Gasteiger partial charge in [0.1, 0.15) is 5.69 Å². The molecule has 0 fully saturated rings. The number of aromatic nitrogens is 1. The fraction of sp³-hybridized carbons (Fsp3) is 0. The Balaban J connectivity index is 3.07. The maximum atomic E-state index is 10.5. The Labute approximate surface area is 57.3 Å². The Morgan fingerprint density at radius 3 is 2.70 bits per heavy atom. The first-order valence-corrected chi connectivity index (χ1v) is 2.63. The molecule has 0 aliphatic carbocycles. The van der Waals surface area contributed by atoms with Gasteiger partial charge in [0.2, 0.25) is 0 Å². The van der Waals surface area contributed by atoms with E-state index in [0.717, 1.165) is 6.07 Å². The number of rotatable bonds is 1. The fourth-order valence-electron chi connectivity index (χ4n) is 0.546. The van der Waals surface area contributed by atoms with Crippen LogP contribution in [0.5, 0.6) is 5.75 Å². The summed E-state index contributed by atoms with van der Waals surface area (Å²) in [6.45, 7) is 0. The van der Waals surface area contributed by atoms with E-state index in [1.807, 2.05) is 0 Å². The van der Waals surface area contributed by atoms with Crippen LogP contribution in [0.1, 0.15) is 10.5 Å². The molecule has 0 saturated heterocycles. The van der Waals surface area contributed by atoms with E-state index in [0.29, 0.717) is 0 Å². The Morgan fingerprint density at radius 1 is 1.60 bits per heavy atom. The molecule has 0 spiro atoms. The van der Waals surface area contributed by atoms with Crippen LogP contribution in [-0.2, 0) is 5.11 Å². The van der Waals surface area contributed by atoms with E-state index in [9.17, 15) is 9.90 Å². The molecule has 1 amide bonds. The van der Waals surface area contributed by atoms with Crippen molar-refractivity contribution in [3.05, 3.63) is 24.0 Å². The summed E-state index contributed by atoms with van der Waals surface area (Å²) in [5.41, 5.74) is 4.85. The van der Waals surface area contributed by atoms with Crippen LogP contribution in [0.15, 0.2) is 18.3 Å². The number of pyridine rings is 1. The van der Waals surface area contributed by atoms with Crippen LogP contribution in [0.2, 0.25) is 0 Å². The lowest BCUT2D eigenvalue weighted by atomic mass is 10.3. The summed E-state index contributed by atoms with van der Waals surface area (Å²) < 4.78 is 0. The minimum atomic E-state index is -0.683. The van der Waals surface area contributed by atoms with E-state index in [-0.39, 0.29) is 11.4 Å². The highest BCUT2D eigenvalue weighted by molar-refractivity contribution is 5.90. The lowest BCUT2D eigenvalue weighted by molar-refractivity contribution is 0.0995. The molecule has 1 heterocycles. The number of hydrogen-bond acceptors (Lipinski definition) is 2. The zero-order valence-corrected chi connectivity index (χ0v) is 5.07. The molecule has 4 nitrogen and oxygen atoms in total. The molecule has 0 bridgehead atoms. The van der Waals surface area contributed by atoms with Crippen LogP contribution in [0.25, 0.3) is 0 Å². The van der Waals surface area contributed by atoms with Gasteiger partial charge in [-0.25, -0.2) is 0 Å². The molecule has 1 aromatic rings. The summed E-state index contributed by atoms with van der Waals surface area (Å²) in [6.07, 6.45) is 1.25. The van der Waals surface area contributed by atoms with Gasteiger partial charge in [-0.15, -0.1) is 0 Å². The zero-order valence-electron chi connectivity index (χ0n) is 5.07. The van der Waals surface area contributed by atoms with Crippen molar-refractivity contribution in [3.8, 4) is 5.75 Å². The van der Waals surface area contributed by atoms with Crippen molar-refractivity contribution in [2.75, 3.05) is 0 Å². The van der Waals surface area contributed by atoms with E-state index in [1.54, 1.807) is 0 Å². The molecule has 0 aliphatic rings. The predicted molar refractivity (Wildman–Crippen MR) is 32.9 cm³/mol. The summed E-state index contributed by atoms with van der Waals surface area (Å²) in [6, 6.07) is 2.36. The van der Waals surface area contributed by atoms with E-state index in [2.05, 4.69) is 4.98 Å². The quantitative estimate of drug-likeness (QED) is 0.605. The van der Waals surface area contributed by atoms with E-state index < -0.39 is 5.91 Å². The lowest BCUT2D eigenvalue weighted by Gasteiger charge is -1.90. The minimum absolute atomic E-state index is 0.00694. The predicted octanol–water partition coefficient (Wildman–Crippen LogP) is 0.324. The number of carbonyl (C=O) groups excluding carboxylic acids is 1. The third-order valence-corrected chi connectivity index (χ3v) is 0.984. The summed E-state index contributed by atoms with van der Waals surface area (Å²) in [7, 11) is 0. The summed E-state index contributed by atoms with van der Waals surface area (Å²) >= 11 is 0. The second-order valence-corrected chi connectivity index (χ2v) is 1.74. The summed E-state index contributed by atoms with van der Waals surface area (Å²) in [5, 5.41) is 10.5. The van der Waals surface area contributed by atoms with Crippen LogP contribution in [0, 0.1) is 0 Å². The van der Waals surface area contributed by atoms with E-state index in [1.165, 1.54) is 12.3 Å². The fourth-order valence-corrected chi connectivity index (χ4v) is 0.546. The van der Waals surface area contributed by atoms with E-state index >= 15 is 0 Å². The molecule has 0 saturated carbocycles. The standard InChI is InChI=1S/C6H5N2O2/c7-6(10)5-3-4(9)1-2-8-5/h1-3H,(H2,7,10). The van der Waals surface area contributed by atoms with Gasteiger partial charge in [0.25, 0.3) is 5.91 Å². The highest BCUT2D eigenvalue weighted by Crippen LogP contribution is 2.07. The number of carbonyl (C=O) groups is 1. The van der Waals surface area contributed by atoms with Crippen molar-refractivity contribution in [1.29, 1.82) is 0 Å². The zero-order chi connectivity index (χ0) is 7.56. The van der Waals surface area contributed by atoms with Gasteiger partial charge >= 0.3 is 0 Å². The molecule has 2 N–H and O–H groups in total. The summed E-state index contributed by atoms with van der Waals surface area (Å²) in [4.78, 5) is 13.9. The molecule has 1 radical (unpaired) electrons. The van der Waals surface area contributed by atoms with Gasteiger partial charge in [0, 0.05) is 18.3 Å². The third-order valence-electron chi connectivity index (χ3n) is 0.984. The van der Waals surface area contributed by atoms with Crippen LogP contribution >= 0.6 is 0 Å². The molecule has 0 unspecified atom stereocenters. The van der Waals surface area contributed by atoms with Gasteiger partial charge < -0.3 is 5.73 Å². The highest BCUT2D eigenvalue weighted by Gasteiger charge is 2.01. The second kappa shape index (κ2) is 2.34. The molecule has 1 aromatic heterocycles. The van der Waals surface area contributed by atoms with Crippen molar-refractivity contribution in [3.63, 3.8) is 0 Å². The van der Waals surface area contributed by atoms with Gasteiger partial charge in [-0.05, 0) is 0 Å². The molecule has 0 aromatic carbocycles. The Morgan fingerprint density at radius 2 is 2.30 bits per heavy atom. The molecular weight excluding hydrogens is 132 g/mol. The van der Waals surface area contributed by atoms with Crippen molar-refractivity contribution in [2.24, 2.45) is 5.73 Å². The molecule has 0 atom stereocenters. The minimum Gasteiger partial charge on any atom is -0.364 e. The molecule has 1 rings (SSSR count). The second-order valence-electron chi connectivity index (χ2n) is 1.74. The van der Waals surface area contributed by atoms with Gasteiger partial charge in [-0.2, -0.15) is 0 Å². The van der Waals surface area contributed by atoms with Crippen LogP contribution in [-0.4, -0.2) is 10.9 Å². The van der Waals surface area contributed by atoms with Gasteiger partial charge in [0.05, 0.1) is 0 Å². The maximum absolute atomic E-state index is 10.5. The Kier molecular flexibility index (Phi) is 1.53. The van der Waals surface area contributed by atoms with Crippen molar-refractivity contribution >= 4 is 5.91 Å². The van der Waals surface area contributed by atoms with Gasteiger partial charge in [-0.1, -0.05) is 0 Å².